The van der Waals surface area contributed by atoms with Gasteiger partial charge in [-0.2, -0.15) is 8.42 Å². The molecule has 1 unspecified atom stereocenters. The average molecular weight is 242 g/mol. The van der Waals surface area contributed by atoms with Crippen LogP contribution in [0.2, 0.25) is 0 Å². The highest BCUT2D eigenvalue weighted by molar-refractivity contribution is 7.85. The molecule has 0 saturated carbocycles. The zero-order valence-corrected chi connectivity index (χ0v) is 9.46. The number of hydrogen-bond donors (Lipinski definition) is 1. The molecule has 1 aliphatic carbocycles. The Balaban J connectivity index is 2.42. The van der Waals surface area contributed by atoms with Crippen molar-refractivity contribution in [3.05, 3.63) is 40.7 Å². The first-order valence-electron chi connectivity index (χ1n) is 4.79. The summed E-state index contributed by atoms with van der Waals surface area (Å²) in [6, 6.07) is 4.22. The van der Waals surface area contributed by atoms with Crippen LogP contribution in [0.3, 0.4) is 0 Å². The van der Waals surface area contributed by atoms with E-state index in [0.717, 1.165) is 11.1 Å². The molecule has 1 aliphatic rings. The molecule has 1 N–H and O–H groups in total. The molecule has 5 heteroatoms. The molecule has 2 rings (SSSR count). The highest BCUT2D eigenvalue weighted by Crippen LogP contribution is 2.36. The molecule has 0 aromatic heterocycles. The molecule has 3 nitrogen and oxygen atoms in total. The molecule has 0 saturated heterocycles. The molecular weight excluding hydrogens is 231 g/mol. The fourth-order valence-corrected chi connectivity index (χ4v) is 2.87. The van der Waals surface area contributed by atoms with Gasteiger partial charge in [0.2, 0.25) is 0 Å². The normalized spacial score (nSPS) is 19.4. The van der Waals surface area contributed by atoms with E-state index >= 15 is 0 Å². The quantitative estimate of drug-likeness (QED) is 0.809. The molecule has 0 aliphatic heterocycles. The Kier molecular flexibility index (Phi) is 2.59. The van der Waals surface area contributed by atoms with Crippen molar-refractivity contribution >= 4 is 16.2 Å². The van der Waals surface area contributed by atoms with Gasteiger partial charge in [-0.15, -0.1) is 0 Å². The van der Waals surface area contributed by atoms with Gasteiger partial charge in [-0.25, -0.2) is 4.39 Å². The van der Waals surface area contributed by atoms with Gasteiger partial charge in [0.25, 0.3) is 10.1 Å². The Morgan fingerprint density at radius 2 is 2.12 bits per heavy atom. The second-order valence-electron chi connectivity index (χ2n) is 3.96. The van der Waals surface area contributed by atoms with E-state index in [2.05, 4.69) is 0 Å². The van der Waals surface area contributed by atoms with E-state index in [-0.39, 0.29) is 17.5 Å². The Labute approximate surface area is 93.4 Å². The van der Waals surface area contributed by atoms with Crippen LogP contribution in [-0.2, 0) is 10.1 Å². The van der Waals surface area contributed by atoms with Gasteiger partial charge in [0.15, 0.2) is 0 Å². The Morgan fingerprint density at radius 3 is 2.75 bits per heavy atom. The maximum absolute atomic E-state index is 13.0. The fourth-order valence-electron chi connectivity index (χ4n) is 2.01. The van der Waals surface area contributed by atoms with Crippen LogP contribution in [0.15, 0.2) is 23.8 Å². The topological polar surface area (TPSA) is 54.4 Å². The van der Waals surface area contributed by atoms with Crippen molar-refractivity contribution in [2.75, 3.05) is 5.75 Å². The first-order valence-corrected chi connectivity index (χ1v) is 6.40. The largest absolute Gasteiger partial charge is 0.286 e. The second kappa shape index (κ2) is 3.68. The monoisotopic (exact) mass is 242 g/mol. The average Bonchev–Trinajstić information content (AvgIpc) is 2.40. The number of rotatable bonds is 2. The van der Waals surface area contributed by atoms with Gasteiger partial charge in [-0.1, -0.05) is 17.7 Å². The molecule has 16 heavy (non-hydrogen) atoms. The Morgan fingerprint density at radius 1 is 1.44 bits per heavy atom. The van der Waals surface area contributed by atoms with E-state index in [0.29, 0.717) is 5.56 Å². The lowest BCUT2D eigenvalue weighted by atomic mass is 9.99. The van der Waals surface area contributed by atoms with Crippen LogP contribution in [-0.4, -0.2) is 18.7 Å². The molecule has 0 bridgehead atoms. The van der Waals surface area contributed by atoms with E-state index in [1.165, 1.54) is 12.1 Å². The maximum Gasteiger partial charge on any atom is 0.265 e. The van der Waals surface area contributed by atoms with Crippen LogP contribution in [0.5, 0.6) is 0 Å². The standard InChI is InChI=1S/C11H11FO3S/c1-7-4-8-5-9(12)2-3-10(8)11(7)6-16(13,14)15/h2-5,11H,6H2,1H3,(H,13,14,15). The van der Waals surface area contributed by atoms with E-state index in [4.69, 9.17) is 4.55 Å². The van der Waals surface area contributed by atoms with E-state index in [1.54, 1.807) is 19.1 Å². The molecule has 0 radical (unpaired) electrons. The van der Waals surface area contributed by atoms with Crippen molar-refractivity contribution in [3.63, 3.8) is 0 Å². The minimum absolute atomic E-state index is 0.352. The van der Waals surface area contributed by atoms with Gasteiger partial charge in [0, 0.05) is 5.92 Å². The number of fused-ring (bicyclic) bond motifs is 1. The van der Waals surface area contributed by atoms with Crippen LogP contribution in [0.1, 0.15) is 24.0 Å². The van der Waals surface area contributed by atoms with Gasteiger partial charge in [-0.3, -0.25) is 4.55 Å². The van der Waals surface area contributed by atoms with E-state index < -0.39 is 10.1 Å². The zero-order valence-electron chi connectivity index (χ0n) is 8.64. The maximum atomic E-state index is 13.0. The van der Waals surface area contributed by atoms with Crippen LogP contribution >= 0.6 is 0 Å². The lowest BCUT2D eigenvalue weighted by molar-refractivity contribution is 0.480. The highest BCUT2D eigenvalue weighted by Gasteiger charge is 2.26. The molecular formula is C11H11FO3S. The number of halogens is 1. The molecule has 0 amide bonds. The SMILES string of the molecule is CC1=Cc2cc(F)ccc2C1CS(=O)(=O)O. The summed E-state index contributed by atoms with van der Waals surface area (Å²) in [5, 5.41) is 0. The molecule has 1 aromatic carbocycles. The van der Waals surface area contributed by atoms with Crippen molar-refractivity contribution < 1.29 is 17.4 Å². The third kappa shape index (κ3) is 2.15. The van der Waals surface area contributed by atoms with Crippen LogP contribution < -0.4 is 0 Å². The predicted molar refractivity (Wildman–Crippen MR) is 59.2 cm³/mol. The van der Waals surface area contributed by atoms with Gasteiger partial charge >= 0.3 is 0 Å². The first-order chi connectivity index (χ1) is 7.37. The van der Waals surface area contributed by atoms with Crippen LogP contribution in [0.25, 0.3) is 6.08 Å². The molecule has 1 atom stereocenters. The predicted octanol–water partition coefficient (Wildman–Crippen LogP) is 2.21. The Bertz CT molecular complexity index is 561. The number of allylic oxidation sites excluding steroid dienone is 1. The Hall–Kier alpha value is -1.20. The zero-order chi connectivity index (χ0) is 11.9. The summed E-state index contributed by atoms with van der Waals surface area (Å²) in [4.78, 5) is 0. The van der Waals surface area contributed by atoms with E-state index in [1.807, 2.05) is 0 Å². The third-order valence-electron chi connectivity index (χ3n) is 2.73. The van der Waals surface area contributed by atoms with Gasteiger partial charge in [-0.05, 0) is 30.2 Å². The smallest absolute Gasteiger partial charge is 0.265 e. The van der Waals surface area contributed by atoms with Crippen molar-refractivity contribution in [2.24, 2.45) is 0 Å². The summed E-state index contributed by atoms with van der Waals surface area (Å²) in [6.07, 6.45) is 1.74. The summed E-state index contributed by atoms with van der Waals surface area (Å²) in [6.45, 7) is 1.77. The van der Waals surface area contributed by atoms with Gasteiger partial charge < -0.3 is 0 Å². The first kappa shape index (κ1) is 11.3. The summed E-state index contributed by atoms with van der Waals surface area (Å²) in [7, 11) is -4.03. The van der Waals surface area contributed by atoms with Gasteiger partial charge in [0.1, 0.15) is 5.82 Å². The summed E-state index contributed by atoms with van der Waals surface area (Å²) in [5.74, 6) is -1.07. The highest BCUT2D eigenvalue weighted by atomic mass is 32.2. The molecule has 1 aromatic rings. The summed E-state index contributed by atoms with van der Waals surface area (Å²) < 4.78 is 43.5. The lowest BCUT2D eigenvalue weighted by Gasteiger charge is -2.12. The van der Waals surface area contributed by atoms with Crippen LogP contribution in [0.4, 0.5) is 4.39 Å². The lowest BCUT2D eigenvalue weighted by Crippen LogP contribution is -2.13. The number of hydrogen-bond acceptors (Lipinski definition) is 2. The summed E-state index contributed by atoms with van der Waals surface area (Å²) >= 11 is 0. The molecule has 0 spiro atoms. The van der Waals surface area contributed by atoms with Crippen molar-refractivity contribution in [1.29, 1.82) is 0 Å². The van der Waals surface area contributed by atoms with E-state index in [9.17, 15) is 12.8 Å². The molecule has 0 heterocycles. The fraction of sp³-hybridized carbons (Fsp3) is 0.273. The van der Waals surface area contributed by atoms with Crippen molar-refractivity contribution in [3.8, 4) is 0 Å². The minimum Gasteiger partial charge on any atom is -0.286 e. The van der Waals surface area contributed by atoms with Crippen LogP contribution in [0, 0.1) is 5.82 Å². The van der Waals surface area contributed by atoms with Crippen molar-refractivity contribution in [1.82, 2.24) is 0 Å². The van der Waals surface area contributed by atoms with Crippen molar-refractivity contribution in [2.45, 2.75) is 12.8 Å². The van der Waals surface area contributed by atoms with Gasteiger partial charge in [0.05, 0.1) is 5.75 Å². The third-order valence-corrected chi connectivity index (χ3v) is 3.49. The molecule has 86 valence electrons. The molecule has 0 fully saturated rings. The second-order valence-corrected chi connectivity index (χ2v) is 5.46. The summed E-state index contributed by atoms with van der Waals surface area (Å²) in [5.41, 5.74) is 2.25. The number of benzene rings is 1. The minimum atomic E-state index is -4.03.